The average molecular weight is 288 g/mol. The van der Waals surface area contributed by atoms with Crippen LogP contribution in [0.5, 0.6) is 0 Å². The lowest BCUT2D eigenvalue weighted by Crippen LogP contribution is -2.29. The van der Waals surface area contributed by atoms with Crippen LogP contribution in [0.3, 0.4) is 0 Å². The van der Waals surface area contributed by atoms with Crippen LogP contribution in [0.25, 0.3) is 0 Å². The summed E-state index contributed by atoms with van der Waals surface area (Å²) in [6, 6.07) is -0.0549. The molecule has 1 aromatic rings. The Kier molecular flexibility index (Phi) is 5.51. The molecule has 0 radical (unpaired) electrons. The summed E-state index contributed by atoms with van der Waals surface area (Å²) in [5.74, 6) is 6.00. The van der Waals surface area contributed by atoms with Crippen LogP contribution in [0.2, 0.25) is 0 Å². The molecule has 1 unspecified atom stereocenters. The zero-order chi connectivity index (χ0) is 14.6. The van der Waals surface area contributed by atoms with Gasteiger partial charge in [0, 0.05) is 30.1 Å². The smallest absolute Gasteiger partial charge is 0.150 e. The number of nitrogens with one attached hydrogen (secondary N) is 1. The zero-order valence-corrected chi connectivity index (χ0v) is 12.9. The van der Waals surface area contributed by atoms with Crippen molar-refractivity contribution in [3.05, 3.63) is 17.0 Å². The Morgan fingerprint density at radius 1 is 1.42 bits per heavy atom. The molecule has 0 fully saturated rings. The summed E-state index contributed by atoms with van der Waals surface area (Å²) in [6.45, 7) is 5.60. The molecule has 0 bridgehead atoms. The van der Waals surface area contributed by atoms with Gasteiger partial charge in [0.1, 0.15) is 9.84 Å². The van der Waals surface area contributed by atoms with Crippen LogP contribution in [0.4, 0.5) is 0 Å². The molecule has 0 amide bonds. The molecule has 1 heterocycles. The fourth-order valence-electron chi connectivity index (χ4n) is 2.26. The molecule has 3 N–H and O–H groups in total. The zero-order valence-electron chi connectivity index (χ0n) is 12.1. The third-order valence-electron chi connectivity index (χ3n) is 3.50. The topological polar surface area (TPSA) is 90.0 Å². The molecule has 0 saturated heterocycles. The molecule has 0 aliphatic carbocycles. The minimum atomic E-state index is -2.91. The molecule has 1 aromatic heterocycles. The third-order valence-corrected chi connectivity index (χ3v) is 5.29. The van der Waals surface area contributed by atoms with E-state index in [1.807, 2.05) is 25.6 Å². The number of hydrazine groups is 1. The second kappa shape index (κ2) is 6.49. The van der Waals surface area contributed by atoms with E-state index < -0.39 is 9.84 Å². The van der Waals surface area contributed by atoms with E-state index in [4.69, 9.17) is 5.84 Å². The van der Waals surface area contributed by atoms with E-state index in [-0.39, 0.29) is 17.5 Å². The Hall–Kier alpha value is -0.920. The van der Waals surface area contributed by atoms with Crippen LogP contribution in [0, 0.1) is 13.8 Å². The summed E-state index contributed by atoms with van der Waals surface area (Å²) in [6.07, 6.45) is 1.28. The molecule has 19 heavy (non-hydrogen) atoms. The van der Waals surface area contributed by atoms with Crippen LogP contribution < -0.4 is 11.3 Å². The Balaban J connectivity index is 2.74. The third kappa shape index (κ3) is 4.02. The maximum Gasteiger partial charge on any atom is 0.150 e. The monoisotopic (exact) mass is 288 g/mol. The van der Waals surface area contributed by atoms with Crippen molar-refractivity contribution in [2.24, 2.45) is 12.9 Å². The van der Waals surface area contributed by atoms with Crippen molar-refractivity contribution in [1.29, 1.82) is 0 Å². The summed E-state index contributed by atoms with van der Waals surface area (Å²) in [4.78, 5) is 0. The highest BCUT2D eigenvalue weighted by Gasteiger charge is 2.19. The van der Waals surface area contributed by atoms with Gasteiger partial charge in [-0.1, -0.05) is 6.92 Å². The second-order valence-corrected chi connectivity index (χ2v) is 7.28. The minimum absolute atomic E-state index is 0.0549. The number of sulfone groups is 1. The first kappa shape index (κ1) is 16.1. The van der Waals surface area contributed by atoms with Crippen molar-refractivity contribution in [3.63, 3.8) is 0 Å². The van der Waals surface area contributed by atoms with Gasteiger partial charge in [-0.2, -0.15) is 5.10 Å². The van der Waals surface area contributed by atoms with Gasteiger partial charge in [0.25, 0.3) is 0 Å². The number of hydrogen-bond donors (Lipinski definition) is 2. The fraction of sp³-hybridized carbons (Fsp3) is 0.750. The predicted octanol–water partition coefficient (Wildman–Crippen LogP) is 0.756. The van der Waals surface area contributed by atoms with Crippen molar-refractivity contribution in [2.45, 2.75) is 39.7 Å². The molecule has 0 aromatic carbocycles. The highest BCUT2D eigenvalue weighted by molar-refractivity contribution is 7.91. The molecule has 0 aliphatic rings. The van der Waals surface area contributed by atoms with Crippen LogP contribution in [-0.2, 0) is 16.9 Å². The van der Waals surface area contributed by atoms with Gasteiger partial charge in [-0.25, -0.2) is 8.42 Å². The van der Waals surface area contributed by atoms with Gasteiger partial charge >= 0.3 is 0 Å². The van der Waals surface area contributed by atoms with Crippen molar-refractivity contribution < 1.29 is 8.42 Å². The number of rotatable bonds is 7. The van der Waals surface area contributed by atoms with Gasteiger partial charge in [0.05, 0.1) is 11.4 Å². The Morgan fingerprint density at radius 3 is 2.47 bits per heavy atom. The highest BCUT2D eigenvalue weighted by atomic mass is 32.2. The quantitative estimate of drug-likeness (QED) is 0.571. The standard InChI is InChI=1S/C12H24N4O2S/c1-5-19(17,18)8-6-7-11(14-13)12-9(2)15-16(4)10(12)3/h11,14H,5-8,13H2,1-4H3. The number of aromatic nitrogens is 2. The summed E-state index contributed by atoms with van der Waals surface area (Å²) in [5.41, 5.74) is 5.82. The summed E-state index contributed by atoms with van der Waals surface area (Å²) in [5, 5.41) is 4.36. The Morgan fingerprint density at radius 2 is 2.05 bits per heavy atom. The van der Waals surface area contributed by atoms with Crippen LogP contribution in [-0.4, -0.2) is 29.7 Å². The minimum Gasteiger partial charge on any atom is -0.272 e. The number of nitrogens with two attached hydrogens (primary N) is 1. The SMILES string of the molecule is CCS(=O)(=O)CCCC(NN)c1c(C)nn(C)c1C. The van der Waals surface area contributed by atoms with E-state index in [0.29, 0.717) is 12.8 Å². The van der Waals surface area contributed by atoms with E-state index in [9.17, 15) is 8.42 Å². The lowest BCUT2D eigenvalue weighted by Gasteiger charge is -2.16. The maximum absolute atomic E-state index is 11.5. The first-order chi connectivity index (χ1) is 8.82. The molecule has 6 nitrogen and oxygen atoms in total. The van der Waals surface area contributed by atoms with Crippen LogP contribution in [0.15, 0.2) is 0 Å². The molecule has 7 heteroatoms. The maximum atomic E-state index is 11.5. The van der Waals surface area contributed by atoms with Crippen molar-refractivity contribution >= 4 is 9.84 Å². The average Bonchev–Trinajstić information content (AvgIpc) is 2.60. The lowest BCUT2D eigenvalue weighted by atomic mass is 10.0. The lowest BCUT2D eigenvalue weighted by molar-refractivity contribution is 0.502. The van der Waals surface area contributed by atoms with Crippen molar-refractivity contribution in [2.75, 3.05) is 11.5 Å². The molecule has 0 aliphatic heterocycles. The molecular formula is C12H24N4O2S. The summed E-state index contributed by atoms with van der Waals surface area (Å²) in [7, 11) is -1.02. The van der Waals surface area contributed by atoms with E-state index in [2.05, 4.69) is 10.5 Å². The number of nitrogens with zero attached hydrogens (tertiary/aromatic N) is 2. The molecule has 1 rings (SSSR count). The number of aryl methyl sites for hydroxylation is 2. The van der Waals surface area contributed by atoms with Gasteiger partial charge in [-0.05, 0) is 26.7 Å². The molecule has 1 atom stereocenters. The van der Waals surface area contributed by atoms with Gasteiger partial charge in [-0.3, -0.25) is 16.0 Å². The first-order valence-electron chi connectivity index (χ1n) is 6.49. The van der Waals surface area contributed by atoms with Gasteiger partial charge < -0.3 is 0 Å². The van der Waals surface area contributed by atoms with Crippen LogP contribution >= 0.6 is 0 Å². The van der Waals surface area contributed by atoms with E-state index in [1.54, 1.807) is 6.92 Å². The summed E-state index contributed by atoms with van der Waals surface area (Å²) < 4.78 is 24.8. The molecular weight excluding hydrogens is 264 g/mol. The second-order valence-electron chi connectivity index (χ2n) is 4.81. The molecule has 0 spiro atoms. The largest absolute Gasteiger partial charge is 0.272 e. The normalized spacial score (nSPS) is 13.7. The van der Waals surface area contributed by atoms with Crippen molar-refractivity contribution in [3.8, 4) is 0 Å². The Bertz CT molecular complexity index is 522. The van der Waals surface area contributed by atoms with E-state index in [1.165, 1.54) is 0 Å². The highest BCUT2D eigenvalue weighted by Crippen LogP contribution is 2.24. The number of hydrogen-bond acceptors (Lipinski definition) is 5. The molecule has 110 valence electrons. The van der Waals surface area contributed by atoms with Gasteiger partial charge in [-0.15, -0.1) is 0 Å². The predicted molar refractivity (Wildman–Crippen MR) is 76.3 cm³/mol. The fourth-order valence-corrected chi connectivity index (χ4v) is 3.15. The van der Waals surface area contributed by atoms with E-state index >= 15 is 0 Å². The molecule has 0 saturated carbocycles. The first-order valence-corrected chi connectivity index (χ1v) is 8.31. The summed E-state index contributed by atoms with van der Waals surface area (Å²) >= 11 is 0. The van der Waals surface area contributed by atoms with E-state index in [0.717, 1.165) is 17.0 Å². The van der Waals surface area contributed by atoms with Gasteiger partial charge in [0.15, 0.2) is 0 Å². The van der Waals surface area contributed by atoms with Gasteiger partial charge in [0.2, 0.25) is 0 Å². The Labute approximate surface area is 115 Å². The van der Waals surface area contributed by atoms with Crippen molar-refractivity contribution in [1.82, 2.24) is 15.2 Å². The van der Waals surface area contributed by atoms with Crippen LogP contribution in [0.1, 0.15) is 42.8 Å².